The summed E-state index contributed by atoms with van der Waals surface area (Å²) in [5.41, 5.74) is 5.35. The second kappa shape index (κ2) is 4.46. The van der Waals surface area contributed by atoms with Crippen LogP contribution in [0.3, 0.4) is 0 Å². The number of carbonyl (C=O) groups excluding carboxylic acids is 2. The van der Waals surface area contributed by atoms with Crippen molar-refractivity contribution in [2.75, 3.05) is 5.32 Å². The number of nitrogens with zero attached hydrogens (tertiary/aromatic N) is 1. The molecule has 0 aromatic carbocycles. The molecule has 1 aromatic rings. The summed E-state index contributed by atoms with van der Waals surface area (Å²) in [5.74, 6) is -0.536. The van der Waals surface area contributed by atoms with Gasteiger partial charge < -0.3 is 5.32 Å². The normalized spacial score (nSPS) is 19.3. The molecular formula is C9H9ClN4O2. The Bertz CT molecular complexity index is 437. The Labute approximate surface area is 96.4 Å². The lowest BCUT2D eigenvalue weighted by Gasteiger charge is -2.10. The number of rotatable bonds is 2. The monoisotopic (exact) mass is 240 g/mol. The molecule has 1 unspecified atom stereocenters. The van der Waals surface area contributed by atoms with Crippen LogP contribution in [0, 0.1) is 0 Å². The van der Waals surface area contributed by atoms with Crippen molar-refractivity contribution in [3.05, 3.63) is 23.5 Å². The highest BCUT2D eigenvalue weighted by Crippen LogP contribution is 2.17. The molecule has 16 heavy (non-hydrogen) atoms. The molecule has 1 atom stereocenters. The Hall–Kier alpha value is -1.66. The molecule has 2 rings (SSSR count). The highest BCUT2D eigenvalue weighted by molar-refractivity contribution is 6.32. The zero-order valence-electron chi connectivity index (χ0n) is 8.16. The zero-order chi connectivity index (χ0) is 11.5. The van der Waals surface area contributed by atoms with E-state index in [0.29, 0.717) is 5.69 Å². The average molecular weight is 241 g/mol. The van der Waals surface area contributed by atoms with Crippen LogP contribution >= 0.6 is 11.6 Å². The van der Waals surface area contributed by atoms with Crippen molar-refractivity contribution in [2.24, 2.45) is 0 Å². The summed E-state index contributed by atoms with van der Waals surface area (Å²) in [6, 6.07) is 2.72. The molecule has 0 saturated carbocycles. The predicted octanol–water partition coefficient (Wildman–Crippen LogP) is 0.0666. The van der Waals surface area contributed by atoms with Crippen LogP contribution in [-0.4, -0.2) is 22.8 Å². The van der Waals surface area contributed by atoms with Gasteiger partial charge in [-0.1, -0.05) is 11.6 Å². The van der Waals surface area contributed by atoms with Gasteiger partial charge in [-0.15, -0.1) is 0 Å². The molecule has 1 aromatic heterocycles. The Morgan fingerprint density at radius 2 is 2.44 bits per heavy atom. The topological polar surface area (TPSA) is 83.1 Å². The second-order valence-corrected chi connectivity index (χ2v) is 3.64. The molecule has 0 spiro atoms. The summed E-state index contributed by atoms with van der Waals surface area (Å²) >= 11 is 5.77. The van der Waals surface area contributed by atoms with Gasteiger partial charge in [0.05, 0.1) is 12.1 Å². The SMILES string of the molecule is O=C1CC(C(=O)Nc2cccnc2Cl)NN1. The van der Waals surface area contributed by atoms with Crippen molar-refractivity contribution in [1.82, 2.24) is 15.8 Å². The molecule has 2 amide bonds. The Morgan fingerprint density at radius 3 is 3.06 bits per heavy atom. The number of amides is 2. The molecule has 3 N–H and O–H groups in total. The third-order valence-corrected chi connectivity index (χ3v) is 2.41. The number of aromatic nitrogens is 1. The number of nitrogens with one attached hydrogen (secondary N) is 3. The van der Waals surface area contributed by atoms with Crippen LogP contribution in [0.15, 0.2) is 18.3 Å². The number of halogens is 1. The highest BCUT2D eigenvalue weighted by atomic mass is 35.5. The number of hydrogen-bond donors (Lipinski definition) is 3. The summed E-state index contributed by atoms with van der Waals surface area (Å²) in [4.78, 5) is 26.4. The van der Waals surface area contributed by atoms with Gasteiger partial charge in [-0.25, -0.2) is 10.4 Å². The van der Waals surface area contributed by atoms with Crippen LogP contribution in [-0.2, 0) is 9.59 Å². The standard InChI is InChI=1S/C9H9ClN4O2/c10-8-5(2-1-3-11-8)12-9(16)6-4-7(15)14-13-6/h1-3,6,13H,4H2,(H,12,16)(H,14,15). The van der Waals surface area contributed by atoms with Gasteiger partial charge in [0, 0.05) is 6.20 Å². The van der Waals surface area contributed by atoms with Gasteiger partial charge >= 0.3 is 0 Å². The fourth-order valence-electron chi connectivity index (χ4n) is 1.31. The van der Waals surface area contributed by atoms with Crippen LogP contribution < -0.4 is 16.2 Å². The van der Waals surface area contributed by atoms with Gasteiger partial charge in [-0.3, -0.25) is 15.0 Å². The minimum absolute atomic E-state index is 0.115. The Balaban J connectivity index is 2.03. The predicted molar refractivity (Wildman–Crippen MR) is 57.6 cm³/mol. The van der Waals surface area contributed by atoms with E-state index in [0.717, 1.165) is 0 Å². The van der Waals surface area contributed by atoms with E-state index in [1.165, 1.54) is 6.20 Å². The van der Waals surface area contributed by atoms with Gasteiger partial charge in [0.25, 0.3) is 0 Å². The summed E-state index contributed by atoms with van der Waals surface area (Å²) in [6.45, 7) is 0. The molecule has 1 fully saturated rings. The molecular weight excluding hydrogens is 232 g/mol. The Kier molecular flexibility index (Phi) is 3.02. The Morgan fingerprint density at radius 1 is 1.62 bits per heavy atom. The molecule has 0 aliphatic carbocycles. The van der Waals surface area contributed by atoms with E-state index in [4.69, 9.17) is 11.6 Å². The van der Waals surface area contributed by atoms with Crippen molar-refractivity contribution in [2.45, 2.75) is 12.5 Å². The lowest BCUT2D eigenvalue weighted by atomic mass is 10.2. The highest BCUT2D eigenvalue weighted by Gasteiger charge is 2.27. The largest absolute Gasteiger partial charge is 0.322 e. The van der Waals surface area contributed by atoms with Gasteiger partial charge in [0.2, 0.25) is 11.8 Å². The zero-order valence-corrected chi connectivity index (χ0v) is 8.91. The maximum atomic E-state index is 11.7. The second-order valence-electron chi connectivity index (χ2n) is 3.28. The molecule has 84 valence electrons. The third kappa shape index (κ3) is 2.29. The van der Waals surface area contributed by atoms with Gasteiger partial charge in [0.15, 0.2) is 5.15 Å². The first kappa shape index (κ1) is 10.8. The first-order chi connectivity index (χ1) is 7.66. The third-order valence-electron chi connectivity index (χ3n) is 2.11. The quantitative estimate of drug-likeness (QED) is 0.639. The number of hydrogen-bond acceptors (Lipinski definition) is 4. The first-order valence-electron chi connectivity index (χ1n) is 4.62. The van der Waals surface area contributed by atoms with Crippen molar-refractivity contribution in [3.63, 3.8) is 0 Å². The summed E-state index contributed by atoms with van der Waals surface area (Å²) in [6.07, 6.45) is 1.64. The van der Waals surface area contributed by atoms with Crippen molar-refractivity contribution < 1.29 is 9.59 Å². The van der Waals surface area contributed by atoms with E-state index in [9.17, 15) is 9.59 Å². The van der Waals surface area contributed by atoms with E-state index in [1.54, 1.807) is 12.1 Å². The maximum absolute atomic E-state index is 11.7. The van der Waals surface area contributed by atoms with Gasteiger partial charge in [0.1, 0.15) is 6.04 Å². The number of pyridine rings is 1. The van der Waals surface area contributed by atoms with Crippen LogP contribution in [0.4, 0.5) is 5.69 Å². The van der Waals surface area contributed by atoms with Crippen LogP contribution in [0.5, 0.6) is 0 Å². The molecule has 7 heteroatoms. The number of anilines is 1. The molecule has 1 aliphatic rings. The van der Waals surface area contributed by atoms with E-state index >= 15 is 0 Å². The molecule has 0 radical (unpaired) electrons. The minimum atomic E-state index is -0.580. The molecule has 6 nitrogen and oxygen atoms in total. The average Bonchev–Trinajstić information content (AvgIpc) is 2.68. The van der Waals surface area contributed by atoms with Crippen molar-refractivity contribution >= 4 is 29.1 Å². The minimum Gasteiger partial charge on any atom is -0.322 e. The molecule has 2 heterocycles. The lowest BCUT2D eigenvalue weighted by Crippen LogP contribution is -2.39. The molecule has 1 aliphatic heterocycles. The molecule has 0 bridgehead atoms. The summed E-state index contributed by atoms with van der Waals surface area (Å²) < 4.78 is 0. The van der Waals surface area contributed by atoms with E-state index in [2.05, 4.69) is 21.2 Å². The van der Waals surface area contributed by atoms with Crippen LogP contribution in [0.1, 0.15) is 6.42 Å². The van der Waals surface area contributed by atoms with Crippen LogP contribution in [0.25, 0.3) is 0 Å². The maximum Gasteiger partial charge on any atom is 0.243 e. The number of hydrazine groups is 1. The smallest absolute Gasteiger partial charge is 0.243 e. The number of carbonyl (C=O) groups is 2. The van der Waals surface area contributed by atoms with E-state index < -0.39 is 6.04 Å². The van der Waals surface area contributed by atoms with Gasteiger partial charge in [-0.05, 0) is 12.1 Å². The summed E-state index contributed by atoms with van der Waals surface area (Å²) in [7, 11) is 0. The fraction of sp³-hybridized carbons (Fsp3) is 0.222. The van der Waals surface area contributed by atoms with E-state index in [1.807, 2.05) is 0 Å². The first-order valence-corrected chi connectivity index (χ1v) is 5.00. The van der Waals surface area contributed by atoms with Gasteiger partial charge in [-0.2, -0.15) is 0 Å². The van der Waals surface area contributed by atoms with Crippen molar-refractivity contribution in [1.29, 1.82) is 0 Å². The fourth-order valence-corrected chi connectivity index (χ4v) is 1.48. The van der Waals surface area contributed by atoms with Crippen LogP contribution in [0.2, 0.25) is 5.15 Å². The lowest BCUT2D eigenvalue weighted by molar-refractivity contribution is -0.121. The van der Waals surface area contributed by atoms with E-state index in [-0.39, 0.29) is 23.4 Å². The van der Waals surface area contributed by atoms with Crippen molar-refractivity contribution in [3.8, 4) is 0 Å². The summed E-state index contributed by atoms with van der Waals surface area (Å²) in [5, 5.41) is 2.80. The molecule has 1 saturated heterocycles.